The summed E-state index contributed by atoms with van der Waals surface area (Å²) in [5.74, 6) is -0.421. The number of hydrogen-bond donors (Lipinski definition) is 0. The maximum Gasteiger partial charge on any atom is 0.343 e. The van der Waals surface area contributed by atoms with E-state index in [1.807, 2.05) is 19.1 Å². The lowest BCUT2D eigenvalue weighted by Crippen LogP contribution is -2.25. The summed E-state index contributed by atoms with van der Waals surface area (Å²) < 4.78 is 39.0. The summed E-state index contributed by atoms with van der Waals surface area (Å²) in [6, 6.07) is 9.96. The molecule has 2 aliphatic rings. The molecule has 0 unspecified atom stereocenters. The van der Waals surface area contributed by atoms with Crippen molar-refractivity contribution in [1.82, 2.24) is 0 Å². The summed E-state index contributed by atoms with van der Waals surface area (Å²) in [5.41, 5.74) is 1.57. The van der Waals surface area contributed by atoms with Crippen LogP contribution in [0.5, 0.6) is 11.5 Å². The van der Waals surface area contributed by atoms with Gasteiger partial charge in [0.1, 0.15) is 0 Å². The monoisotopic (exact) mass is 526 g/mol. The van der Waals surface area contributed by atoms with Gasteiger partial charge in [-0.2, -0.15) is 8.78 Å². The lowest BCUT2D eigenvalue weighted by Gasteiger charge is -2.38. The number of esters is 1. The van der Waals surface area contributed by atoms with Crippen LogP contribution in [0.1, 0.15) is 119 Å². The highest BCUT2D eigenvalue weighted by Gasteiger charge is 2.31. The van der Waals surface area contributed by atoms with Gasteiger partial charge in [-0.05, 0) is 98.4 Å². The standard InChI is InChI=1S/C33H44F2O3/c1-3-5-6-7-23-8-10-24(11-9-23)25-12-14-26(15-13-25)27-16-18-28(19-17-27)33(36)38-30-21-20-29(37-22-4-2)31(34)32(30)35/h16-21,23-26H,3-15,22H2,1-2H3. The van der Waals surface area contributed by atoms with Crippen LogP contribution in [0, 0.1) is 29.4 Å². The van der Waals surface area contributed by atoms with Gasteiger partial charge in [-0.1, -0.05) is 64.5 Å². The zero-order valence-electron chi connectivity index (χ0n) is 23.2. The Kier molecular flexibility index (Phi) is 10.6. The summed E-state index contributed by atoms with van der Waals surface area (Å²) >= 11 is 0. The van der Waals surface area contributed by atoms with Crippen LogP contribution in [-0.4, -0.2) is 12.6 Å². The fourth-order valence-corrected chi connectivity index (χ4v) is 6.52. The van der Waals surface area contributed by atoms with Gasteiger partial charge in [-0.15, -0.1) is 0 Å². The average molecular weight is 527 g/mol. The van der Waals surface area contributed by atoms with Crippen molar-refractivity contribution in [2.75, 3.05) is 6.61 Å². The molecule has 4 rings (SSSR count). The number of unbranched alkanes of at least 4 members (excludes halogenated alkanes) is 2. The third kappa shape index (κ3) is 7.36. The van der Waals surface area contributed by atoms with Crippen molar-refractivity contribution in [1.29, 1.82) is 0 Å². The topological polar surface area (TPSA) is 35.5 Å². The van der Waals surface area contributed by atoms with E-state index in [9.17, 15) is 13.6 Å². The smallest absolute Gasteiger partial charge is 0.343 e. The van der Waals surface area contributed by atoms with Crippen molar-refractivity contribution in [3.05, 3.63) is 59.2 Å². The Labute approximate surface area is 227 Å². The third-order valence-electron chi connectivity index (χ3n) is 8.84. The fraction of sp³-hybridized carbons (Fsp3) is 0.606. The minimum atomic E-state index is -1.22. The average Bonchev–Trinajstić information content (AvgIpc) is 2.96. The predicted octanol–water partition coefficient (Wildman–Crippen LogP) is 9.63. The molecule has 0 aliphatic heterocycles. The quantitative estimate of drug-likeness (QED) is 0.166. The van der Waals surface area contributed by atoms with Gasteiger partial charge in [0, 0.05) is 0 Å². The van der Waals surface area contributed by atoms with Crippen LogP contribution in [-0.2, 0) is 0 Å². The molecule has 0 heterocycles. The molecular formula is C33H44F2O3. The van der Waals surface area contributed by atoms with E-state index in [4.69, 9.17) is 9.47 Å². The number of benzene rings is 2. The van der Waals surface area contributed by atoms with Crippen LogP contribution in [0.3, 0.4) is 0 Å². The molecule has 2 fully saturated rings. The first-order valence-corrected chi connectivity index (χ1v) is 14.9. The molecule has 5 heteroatoms. The largest absolute Gasteiger partial charge is 0.490 e. The van der Waals surface area contributed by atoms with E-state index >= 15 is 0 Å². The SMILES string of the molecule is CCCCCC1CCC(C2CCC(c3ccc(C(=O)Oc4ccc(OCCC)c(F)c4F)cc3)CC2)CC1. The minimum absolute atomic E-state index is 0.182. The first-order chi connectivity index (χ1) is 18.5. The van der Waals surface area contributed by atoms with E-state index in [2.05, 4.69) is 6.92 Å². The number of carbonyl (C=O) groups is 1. The fourth-order valence-electron chi connectivity index (χ4n) is 6.52. The highest BCUT2D eigenvalue weighted by molar-refractivity contribution is 5.91. The first-order valence-electron chi connectivity index (χ1n) is 14.9. The summed E-state index contributed by atoms with van der Waals surface area (Å²) in [7, 11) is 0. The normalized spacial score (nSPS) is 23.7. The molecule has 0 saturated heterocycles. The number of halogens is 2. The number of ether oxygens (including phenoxy) is 2. The van der Waals surface area contributed by atoms with Crippen molar-refractivity contribution in [3.8, 4) is 11.5 Å². The van der Waals surface area contributed by atoms with Crippen LogP contribution in [0.4, 0.5) is 8.78 Å². The lowest BCUT2D eigenvalue weighted by molar-refractivity contribution is 0.0726. The number of carbonyl (C=O) groups excluding carboxylic acids is 1. The van der Waals surface area contributed by atoms with Crippen LogP contribution in [0.15, 0.2) is 36.4 Å². The third-order valence-corrected chi connectivity index (χ3v) is 8.84. The van der Waals surface area contributed by atoms with Gasteiger partial charge in [-0.25, -0.2) is 4.79 Å². The Bertz CT molecular complexity index is 1020. The van der Waals surface area contributed by atoms with Crippen LogP contribution < -0.4 is 9.47 Å². The highest BCUT2D eigenvalue weighted by Crippen LogP contribution is 2.44. The van der Waals surface area contributed by atoms with Crippen LogP contribution in [0.2, 0.25) is 0 Å². The summed E-state index contributed by atoms with van der Waals surface area (Å²) in [4.78, 5) is 12.6. The zero-order valence-corrected chi connectivity index (χ0v) is 23.2. The van der Waals surface area contributed by atoms with Gasteiger partial charge in [-0.3, -0.25) is 0 Å². The molecule has 0 N–H and O–H groups in total. The molecule has 0 atom stereocenters. The van der Waals surface area contributed by atoms with Gasteiger partial charge in [0.15, 0.2) is 11.5 Å². The van der Waals surface area contributed by atoms with Gasteiger partial charge >= 0.3 is 5.97 Å². The molecule has 0 bridgehead atoms. The molecule has 3 nitrogen and oxygen atoms in total. The molecule has 2 aliphatic carbocycles. The molecule has 208 valence electrons. The Morgan fingerprint density at radius 1 is 0.763 bits per heavy atom. The minimum Gasteiger partial charge on any atom is -0.490 e. The van der Waals surface area contributed by atoms with Gasteiger partial charge in [0.05, 0.1) is 12.2 Å². The van der Waals surface area contributed by atoms with Crippen LogP contribution >= 0.6 is 0 Å². The predicted molar refractivity (Wildman–Crippen MR) is 148 cm³/mol. The molecular weight excluding hydrogens is 482 g/mol. The van der Waals surface area contributed by atoms with E-state index in [0.29, 0.717) is 17.9 Å². The van der Waals surface area contributed by atoms with E-state index in [-0.39, 0.29) is 12.4 Å². The van der Waals surface area contributed by atoms with Crippen LogP contribution in [0.25, 0.3) is 0 Å². The summed E-state index contributed by atoms with van der Waals surface area (Å²) in [6.07, 6.45) is 16.9. The summed E-state index contributed by atoms with van der Waals surface area (Å²) in [5, 5.41) is 0. The molecule has 2 aromatic carbocycles. The molecule has 2 aromatic rings. The second-order valence-corrected chi connectivity index (χ2v) is 11.4. The van der Waals surface area contributed by atoms with E-state index < -0.39 is 23.4 Å². The van der Waals surface area contributed by atoms with Crippen molar-refractivity contribution in [3.63, 3.8) is 0 Å². The van der Waals surface area contributed by atoms with Gasteiger partial charge in [0.25, 0.3) is 0 Å². The van der Waals surface area contributed by atoms with Crippen molar-refractivity contribution < 1.29 is 23.0 Å². The maximum absolute atomic E-state index is 14.4. The Balaban J connectivity index is 1.25. The highest BCUT2D eigenvalue weighted by atomic mass is 19.2. The number of rotatable bonds is 11. The van der Waals surface area contributed by atoms with Gasteiger partial charge < -0.3 is 9.47 Å². The Hall–Kier alpha value is -2.43. The molecule has 38 heavy (non-hydrogen) atoms. The second-order valence-electron chi connectivity index (χ2n) is 11.4. The molecule has 0 aromatic heterocycles. The maximum atomic E-state index is 14.4. The van der Waals surface area contributed by atoms with Crippen molar-refractivity contribution >= 4 is 5.97 Å². The van der Waals surface area contributed by atoms with E-state index in [0.717, 1.165) is 17.8 Å². The van der Waals surface area contributed by atoms with E-state index in [1.54, 1.807) is 12.1 Å². The molecule has 0 spiro atoms. The zero-order chi connectivity index (χ0) is 26.9. The van der Waals surface area contributed by atoms with Crippen molar-refractivity contribution in [2.24, 2.45) is 17.8 Å². The molecule has 2 saturated carbocycles. The second kappa shape index (κ2) is 14.1. The lowest BCUT2D eigenvalue weighted by atomic mass is 9.68. The first kappa shape index (κ1) is 28.6. The molecule has 0 radical (unpaired) electrons. The Morgan fingerprint density at radius 3 is 2.00 bits per heavy atom. The number of hydrogen-bond acceptors (Lipinski definition) is 3. The summed E-state index contributed by atoms with van der Waals surface area (Å²) in [6.45, 7) is 4.44. The van der Waals surface area contributed by atoms with Crippen molar-refractivity contribution in [2.45, 2.75) is 103 Å². The molecule has 0 amide bonds. The van der Waals surface area contributed by atoms with Gasteiger partial charge in [0.2, 0.25) is 11.6 Å². The van der Waals surface area contributed by atoms with E-state index in [1.165, 1.54) is 94.7 Å². The Morgan fingerprint density at radius 2 is 1.37 bits per heavy atom.